The molecule has 3 rings (SSSR count). The molecule has 3 nitrogen and oxygen atoms in total. The maximum absolute atomic E-state index is 12.8. The molecule has 0 radical (unpaired) electrons. The number of hydrogen-bond donors (Lipinski definition) is 1. The van der Waals surface area contributed by atoms with Gasteiger partial charge in [-0.25, -0.2) is 0 Å². The van der Waals surface area contributed by atoms with Gasteiger partial charge in [0.15, 0.2) is 4.77 Å². The van der Waals surface area contributed by atoms with Crippen molar-refractivity contribution in [2.75, 3.05) is 0 Å². The lowest BCUT2D eigenvalue weighted by Crippen LogP contribution is -2.26. The molecule has 1 aromatic heterocycles. The van der Waals surface area contributed by atoms with Gasteiger partial charge in [0.25, 0.3) is 5.56 Å². The molecule has 4 heteroatoms. The molecule has 1 N–H and O–H groups in total. The highest BCUT2D eigenvalue weighted by Crippen LogP contribution is 2.21. The second kappa shape index (κ2) is 5.30. The molecule has 0 amide bonds. The molecule has 21 heavy (non-hydrogen) atoms. The van der Waals surface area contributed by atoms with E-state index in [1.165, 1.54) is 0 Å². The number of nitrogens with one attached hydrogen (secondary N) is 1. The second-order valence-corrected chi connectivity index (χ2v) is 5.57. The Hall–Kier alpha value is -2.20. The Morgan fingerprint density at radius 1 is 1.10 bits per heavy atom. The summed E-state index contributed by atoms with van der Waals surface area (Å²) in [5.74, 6) is 0. The topological polar surface area (TPSA) is 37.8 Å². The number of nitrogens with zero attached hydrogens (tertiary/aromatic N) is 1. The molecule has 3 aromatic rings. The predicted octanol–water partition coefficient (Wildman–Crippen LogP) is 3.98. The molecule has 1 atom stereocenters. The number of benzene rings is 2. The Balaban J connectivity index is 2.28. The van der Waals surface area contributed by atoms with Crippen molar-refractivity contribution in [1.82, 2.24) is 9.55 Å². The lowest BCUT2D eigenvalue weighted by atomic mass is 10.0. The molecule has 0 saturated heterocycles. The summed E-state index contributed by atoms with van der Waals surface area (Å²) in [6.45, 7) is 4.05. The predicted molar refractivity (Wildman–Crippen MR) is 88.4 cm³/mol. The fourth-order valence-corrected chi connectivity index (χ4v) is 3.07. The highest BCUT2D eigenvalue weighted by molar-refractivity contribution is 7.71. The molecule has 0 aliphatic carbocycles. The van der Waals surface area contributed by atoms with Gasteiger partial charge >= 0.3 is 0 Å². The molecular weight excluding hydrogens is 280 g/mol. The summed E-state index contributed by atoms with van der Waals surface area (Å²) < 4.78 is 2.11. The number of aryl methyl sites for hydroxylation is 1. The molecule has 106 valence electrons. The fourth-order valence-electron chi connectivity index (χ4n) is 2.72. The lowest BCUT2D eigenvalue weighted by Gasteiger charge is -2.18. The number of fused-ring (bicyclic) bond motifs is 1. The van der Waals surface area contributed by atoms with Crippen LogP contribution in [0.1, 0.15) is 24.1 Å². The standard InChI is InChI=1S/C17H16N2OS/c1-11-7-3-4-8-13(11)12(2)19-16(20)14-9-5-6-10-15(14)18-17(19)21/h3-10,12H,1-2H3,(H,18,21). The van der Waals surface area contributed by atoms with Crippen LogP contribution in [0.25, 0.3) is 10.9 Å². The van der Waals surface area contributed by atoms with Crippen LogP contribution in [-0.4, -0.2) is 9.55 Å². The van der Waals surface area contributed by atoms with Gasteiger partial charge in [-0.3, -0.25) is 9.36 Å². The van der Waals surface area contributed by atoms with Crippen LogP contribution in [0.5, 0.6) is 0 Å². The molecule has 0 saturated carbocycles. The van der Waals surface area contributed by atoms with Gasteiger partial charge in [0.05, 0.1) is 16.9 Å². The largest absolute Gasteiger partial charge is 0.332 e. The van der Waals surface area contributed by atoms with Crippen LogP contribution in [0.15, 0.2) is 53.3 Å². The zero-order valence-corrected chi connectivity index (χ0v) is 12.8. The molecule has 0 aliphatic heterocycles. The first-order chi connectivity index (χ1) is 10.1. The molecule has 0 spiro atoms. The van der Waals surface area contributed by atoms with E-state index < -0.39 is 0 Å². The maximum atomic E-state index is 12.8. The summed E-state index contributed by atoms with van der Waals surface area (Å²) in [5, 5.41) is 0.659. The molecular formula is C17H16N2OS. The zero-order chi connectivity index (χ0) is 15.0. The Bertz CT molecular complexity index is 924. The van der Waals surface area contributed by atoms with Gasteiger partial charge in [-0.15, -0.1) is 0 Å². The molecule has 0 aliphatic rings. The van der Waals surface area contributed by atoms with Crippen molar-refractivity contribution in [3.63, 3.8) is 0 Å². The van der Waals surface area contributed by atoms with Crippen LogP contribution in [0.3, 0.4) is 0 Å². The van der Waals surface area contributed by atoms with Crippen LogP contribution >= 0.6 is 12.2 Å². The van der Waals surface area contributed by atoms with Crippen molar-refractivity contribution in [1.29, 1.82) is 0 Å². The summed E-state index contributed by atoms with van der Waals surface area (Å²) in [7, 11) is 0. The van der Waals surface area contributed by atoms with Crippen LogP contribution in [0.2, 0.25) is 0 Å². The van der Waals surface area contributed by atoms with Gasteiger partial charge < -0.3 is 4.98 Å². The Labute approximate surface area is 127 Å². The zero-order valence-electron chi connectivity index (χ0n) is 12.0. The average molecular weight is 296 g/mol. The van der Waals surface area contributed by atoms with E-state index in [0.29, 0.717) is 10.2 Å². The average Bonchev–Trinajstić information content (AvgIpc) is 2.47. The number of H-pyrrole nitrogens is 1. The Morgan fingerprint density at radius 2 is 1.76 bits per heavy atom. The molecule has 2 aromatic carbocycles. The van der Waals surface area contributed by atoms with Gasteiger partial charge in [-0.1, -0.05) is 36.4 Å². The minimum atomic E-state index is -0.105. The number of para-hydroxylation sites is 1. The number of aromatic amines is 1. The first-order valence-corrected chi connectivity index (χ1v) is 7.29. The van der Waals surface area contributed by atoms with E-state index in [0.717, 1.165) is 16.6 Å². The molecule has 0 fully saturated rings. The van der Waals surface area contributed by atoms with E-state index in [9.17, 15) is 4.79 Å². The van der Waals surface area contributed by atoms with Gasteiger partial charge in [-0.05, 0) is 49.3 Å². The number of rotatable bonds is 2. The number of hydrogen-bond acceptors (Lipinski definition) is 2. The quantitative estimate of drug-likeness (QED) is 0.726. The van der Waals surface area contributed by atoms with Gasteiger partial charge in [0.1, 0.15) is 0 Å². The smallest absolute Gasteiger partial charge is 0.262 e. The van der Waals surface area contributed by atoms with E-state index in [-0.39, 0.29) is 11.6 Å². The Kier molecular flexibility index (Phi) is 3.47. The molecule has 1 heterocycles. The third kappa shape index (κ3) is 2.32. The summed E-state index contributed by atoms with van der Waals surface area (Å²) in [4.78, 5) is 15.9. The minimum Gasteiger partial charge on any atom is -0.332 e. The normalized spacial score (nSPS) is 12.5. The third-order valence-electron chi connectivity index (χ3n) is 3.86. The SMILES string of the molecule is Cc1ccccc1C(C)n1c(=S)[nH]c2ccccc2c1=O. The summed E-state index contributed by atoms with van der Waals surface area (Å²) >= 11 is 5.39. The highest BCUT2D eigenvalue weighted by Gasteiger charge is 2.14. The van der Waals surface area contributed by atoms with E-state index in [4.69, 9.17) is 12.2 Å². The number of aromatic nitrogens is 2. The molecule has 1 unspecified atom stereocenters. The van der Waals surface area contributed by atoms with Crippen LogP contribution < -0.4 is 5.56 Å². The second-order valence-electron chi connectivity index (χ2n) is 5.18. The van der Waals surface area contributed by atoms with Crippen molar-refractivity contribution in [2.24, 2.45) is 0 Å². The summed E-state index contributed by atoms with van der Waals surface area (Å²) in [5.41, 5.74) is 2.99. The Morgan fingerprint density at radius 3 is 2.52 bits per heavy atom. The van der Waals surface area contributed by atoms with E-state index in [1.807, 2.05) is 62.4 Å². The van der Waals surface area contributed by atoms with Crippen LogP contribution in [0.4, 0.5) is 0 Å². The van der Waals surface area contributed by atoms with Gasteiger partial charge in [0, 0.05) is 0 Å². The van der Waals surface area contributed by atoms with E-state index in [1.54, 1.807) is 4.57 Å². The first kappa shape index (κ1) is 13.8. The van der Waals surface area contributed by atoms with Crippen molar-refractivity contribution >= 4 is 23.1 Å². The lowest BCUT2D eigenvalue weighted by molar-refractivity contribution is 0.597. The van der Waals surface area contributed by atoms with Crippen molar-refractivity contribution in [3.8, 4) is 0 Å². The first-order valence-electron chi connectivity index (χ1n) is 6.88. The van der Waals surface area contributed by atoms with Crippen LogP contribution in [-0.2, 0) is 0 Å². The highest BCUT2D eigenvalue weighted by atomic mass is 32.1. The summed E-state index contributed by atoms with van der Waals surface area (Å²) in [6.07, 6.45) is 0. The maximum Gasteiger partial charge on any atom is 0.262 e. The third-order valence-corrected chi connectivity index (χ3v) is 4.16. The monoisotopic (exact) mass is 296 g/mol. The van der Waals surface area contributed by atoms with Crippen molar-refractivity contribution in [2.45, 2.75) is 19.9 Å². The van der Waals surface area contributed by atoms with Gasteiger partial charge in [0.2, 0.25) is 0 Å². The van der Waals surface area contributed by atoms with E-state index in [2.05, 4.69) is 4.98 Å². The van der Waals surface area contributed by atoms with Crippen molar-refractivity contribution < 1.29 is 0 Å². The van der Waals surface area contributed by atoms with Crippen molar-refractivity contribution in [3.05, 3.63) is 74.8 Å². The minimum absolute atomic E-state index is 0.0508. The van der Waals surface area contributed by atoms with E-state index >= 15 is 0 Å². The van der Waals surface area contributed by atoms with Crippen LogP contribution in [0, 0.1) is 11.7 Å². The van der Waals surface area contributed by atoms with Gasteiger partial charge in [-0.2, -0.15) is 0 Å². The molecule has 0 bridgehead atoms. The fraction of sp³-hybridized carbons (Fsp3) is 0.176. The summed E-state index contributed by atoms with van der Waals surface area (Å²) in [6, 6.07) is 15.4.